The molecule has 0 radical (unpaired) electrons. The highest BCUT2D eigenvalue weighted by Crippen LogP contribution is 2.41. The number of rotatable bonds is 10. The quantitative estimate of drug-likeness (QED) is 0.255. The maximum absolute atomic E-state index is 14.3. The summed E-state index contributed by atoms with van der Waals surface area (Å²) < 4.78 is 23.6. The van der Waals surface area contributed by atoms with E-state index in [4.69, 9.17) is 4.74 Å². The second-order valence-corrected chi connectivity index (χ2v) is 8.82. The molecule has 0 aliphatic heterocycles. The zero-order chi connectivity index (χ0) is 22.0. The van der Waals surface area contributed by atoms with E-state index in [0.717, 1.165) is 42.8 Å². The number of carbonyl (C=O) groups excluding carboxylic acids is 1. The van der Waals surface area contributed by atoms with Crippen LogP contribution in [0.2, 0.25) is 0 Å². The fourth-order valence-corrected chi connectivity index (χ4v) is 4.75. The van der Waals surface area contributed by atoms with Crippen molar-refractivity contribution in [1.82, 2.24) is 19.3 Å². The number of aromatic nitrogens is 4. The lowest BCUT2D eigenvalue weighted by molar-refractivity contribution is 0.102. The summed E-state index contributed by atoms with van der Waals surface area (Å²) in [6.45, 7) is 5.53. The Labute approximate surface area is 185 Å². The summed E-state index contributed by atoms with van der Waals surface area (Å²) in [7, 11) is 1.69. The van der Waals surface area contributed by atoms with Gasteiger partial charge in [-0.2, -0.15) is 0 Å². The topological polar surface area (TPSA) is 61.9 Å². The predicted molar refractivity (Wildman–Crippen MR) is 119 cm³/mol. The first-order valence-electron chi connectivity index (χ1n) is 10.5. The zero-order valence-electron chi connectivity index (χ0n) is 18.1. The highest BCUT2D eigenvalue weighted by Gasteiger charge is 2.31. The first-order valence-corrected chi connectivity index (χ1v) is 11.5. The fraction of sp³-hybridized carbons (Fsp3) is 0.435. The molecular weight excluding hydrogens is 415 g/mol. The average Bonchev–Trinajstić information content (AvgIpc) is 3.45. The number of hydrogen-bond acceptors (Lipinski definition) is 5. The van der Waals surface area contributed by atoms with E-state index in [1.165, 1.54) is 17.8 Å². The van der Waals surface area contributed by atoms with E-state index >= 15 is 0 Å². The Bertz CT molecular complexity index is 1090. The van der Waals surface area contributed by atoms with Gasteiger partial charge in [0.15, 0.2) is 16.8 Å². The third-order valence-corrected chi connectivity index (χ3v) is 6.57. The van der Waals surface area contributed by atoms with Gasteiger partial charge < -0.3 is 9.30 Å². The third kappa shape index (κ3) is 4.60. The highest BCUT2D eigenvalue weighted by molar-refractivity contribution is 7.99. The molecule has 3 aromatic rings. The molecule has 1 aliphatic rings. The highest BCUT2D eigenvalue weighted by atomic mass is 32.2. The molecule has 1 aromatic carbocycles. The van der Waals surface area contributed by atoms with E-state index in [0.29, 0.717) is 23.2 Å². The Kier molecular flexibility index (Phi) is 6.57. The first kappa shape index (κ1) is 21.8. The van der Waals surface area contributed by atoms with Crippen LogP contribution in [0.5, 0.6) is 0 Å². The Morgan fingerprint density at radius 2 is 2.03 bits per heavy atom. The Balaban J connectivity index is 1.51. The molecule has 0 unspecified atom stereocenters. The fourth-order valence-electron chi connectivity index (χ4n) is 3.87. The molecular formula is C23H27FN4O2S. The smallest absolute Gasteiger partial charge is 0.192 e. The number of hydrogen-bond donors (Lipinski definition) is 0. The van der Waals surface area contributed by atoms with Crippen molar-refractivity contribution in [3.05, 3.63) is 53.1 Å². The molecule has 0 atom stereocenters. The number of benzene rings is 1. The van der Waals surface area contributed by atoms with E-state index in [1.807, 2.05) is 24.5 Å². The second kappa shape index (κ2) is 9.36. The molecule has 4 rings (SSSR count). The van der Waals surface area contributed by atoms with Crippen molar-refractivity contribution in [1.29, 1.82) is 0 Å². The monoisotopic (exact) mass is 442 g/mol. The Hall–Kier alpha value is -2.45. The lowest BCUT2D eigenvalue weighted by Gasteiger charge is -2.10. The van der Waals surface area contributed by atoms with Crippen LogP contribution in [-0.2, 0) is 11.3 Å². The van der Waals surface area contributed by atoms with Crippen molar-refractivity contribution in [3.8, 4) is 11.4 Å². The van der Waals surface area contributed by atoms with Gasteiger partial charge in [-0.1, -0.05) is 23.9 Å². The summed E-state index contributed by atoms with van der Waals surface area (Å²) in [5, 5.41) is 9.22. The third-order valence-electron chi connectivity index (χ3n) is 5.63. The number of nitrogens with zero attached hydrogens (tertiary/aromatic N) is 4. The molecule has 164 valence electrons. The van der Waals surface area contributed by atoms with Gasteiger partial charge in [-0.25, -0.2) is 4.39 Å². The van der Waals surface area contributed by atoms with Crippen LogP contribution in [0.15, 0.2) is 35.5 Å². The molecule has 0 amide bonds. The number of ether oxygens (including phenoxy) is 1. The van der Waals surface area contributed by atoms with Gasteiger partial charge >= 0.3 is 0 Å². The van der Waals surface area contributed by atoms with E-state index in [-0.39, 0.29) is 23.4 Å². The number of methoxy groups -OCH3 is 1. The van der Waals surface area contributed by atoms with Crippen LogP contribution in [0.3, 0.4) is 0 Å². The van der Waals surface area contributed by atoms with Crippen molar-refractivity contribution in [2.45, 2.75) is 50.9 Å². The van der Waals surface area contributed by atoms with E-state index < -0.39 is 0 Å². The minimum atomic E-state index is -0.315. The largest absolute Gasteiger partial charge is 0.385 e. The van der Waals surface area contributed by atoms with Gasteiger partial charge in [0.2, 0.25) is 0 Å². The van der Waals surface area contributed by atoms with Gasteiger partial charge in [0.25, 0.3) is 0 Å². The van der Waals surface area contributed by atoms with Crippen LogP contribution < -0.4 is 0 Å². The number of ketones is 1. The van der Waals surface area contributed by atoms with E-state index in [9.17, 15) is 9.18 Å². The van der Waals surface area contributed by atoms with Gasteiger partial charge in [-0.05, 0) is 51.3 Å². The van der Waals surface area contributed by atoms with Crippen LogP contribution in [0.1, 0.15) is 47.1 Å². The van der Waals surface area contributed by atoms with Gasteiger partial charge in [0.05, 0.1) is 11.3 Å². The second-order valence-electron chi connectivity index (χ2n) is 7.88. The number of thioether (sulfide) groups is 1. The van der Waals surface area contributed by atoms with Gasteiger partial charge in [-0.3, -0.25) is 9.36 Å². The van der Waals surface area contributed by atoms with Crippen molar-refractivity contribution < 1.29 is 13.9 Å². The van der Waals surface area contributed by atoms with Gasteiger partial charge in [0.1, 0.15) is 5.82 Å². The van der Waals surface area contributed by atoms with Crippen LogP contribution in [-0.4, -0.2) is 44.6 Å². The molecule has 0 bridgehead atoms. The van der Waals surface area contributed by atoms with Crippen molar-refractivity contribution in [3.63, 3.8) is 0 Å². The molecule has 1 fully saturated rings. The van der Waals surface area contributed by atoms with Crippen LogP contribution in [0, 0.1) is 19.7 Å². The predicted octanol–water partition coefficient (Wildman–Crippen LogP) is 4.85. The van der Waals surface area contributed by atoms with E-state index in [2.05, 4.69) is 14.8 Å². The molecule has 0 N–H and O–H groups in total. The summed E-state index contributed by atoms with van der Waals surface area (Å²) >= 11 is 1.37. The summed E-state index contributed by atoms with van der Waals surface area (Å²) in [5.41, 5.74) is 3.24. The first-order chi connectivity index (χ1) is 15.0. The molecule has 1 saturated carbocycles. The number of carbonyl (C=O) groups is 1. The molecule has 0 saturated heterocycles. The number of halogens is 1. The average molecular weight is 443 g/mol. The summed E-state index contributed by atoms with van der Waals surface area (Å²) in [5.74, 6) is 0.552. The lowest BCUT2D eigenvalue weighted by Crippen LogP contribution is -2.09. The summed E-state index contributed by atoms with van der Waals surface area (Å²) in [6, 6.07) is 8.84. The van der Waals surface area contributed by atoms with Crippen molar-refractivity contribution in [2.75, 3.05) is 19.5 Å². The Morgan fingerprint density at radius 3 is 2.74 bits per heavy atom. The molecule has 6 nitrogen and oxygen atoms in total. The SMILES string of the molecule is COCCCn1c(C)cc(C(=O)CSc2nnc(-c3ccccc3F)n2C2CC2)c1C. The van der Waals surface area contributed by atoms with Gasteiger partial charge in [0, 0.05) is 43.3 Å². The van der Waals surface area contributed by atoms with Crippen LogP contribution in [0.25, 0.3) is 11.4 Å². The van der Waals surface area contributed by atoms with Crippen molar-refractivity contribution >= 4 is 17.5 Å². The normalized spacial score (nSPS) is 13.7. The molecule has 8 heteroatoms. The molecule has 2 aromatic heterocycles. The number of aryl methyl sites for hydroxylation is 1. The van der Waals surface area contributed by atoms with E-state index in [1.54, 1.807) is 25.3 Å². The Morgan fingerprint density at radius 1 is 1.26 bits per heavy atom. The lowest BCUT2D eigenvalue weighted by atomic mass is 10.2. The van der Waals surface area contributed by atoms with Crippen LogP contribution >= 0.6 is 11.8 Å². The van der Waals surface area contributed by atoms with Gasteiger partial charge in [-0.15, -0.1) is 10.2 Å². The summed E-state index contributed by atoms with van der Waals surface area (Å²) in [6.07, 6.45) is 2.94. The minimum absolute atomic E-state index is 0.0638. The zero-order valence-corrected chi connectivity index (χ0v) is 18.9. The molecule has 31 heavy (non-hydrogen) atoms. The minimum Gasteiger partial charge on any atom is -0.385 e. The molecule has 0 spiro atoms. The maximum Gasteiger partial charge on any atom is 0.192 e. The maximum atomic E-state index is 14.3. The number of Topliss-reactive ketones (excluding diaryl/α,β-unsaturated/α-hetero) is 1. The molecule has 1 aliphatic carbocycles. The standard InChI is InChI=1S/C23H27FN4O2S/c1-15-13-19(16(2)27(15)11-6-12-30-3)21(29)14-31-23-26-25-22(28(23)17-9-10-17)18-7-4-5-8-20(18)24/h4-5,7-8,13,17H,6,9-12,14H2,1-3H3. The van der Waals surface area contributed by atoms with Crippen LogP contribution in [0.4, 0.5) is 4.39 Å². The van der Waals surface area contributed by atoms with Crippen molar-refractivity contribution in [2.24, 2.45) is 0 Å². The molecule has 2 heterocycles. The summed E-state index contributed by atoms with van der Waals surface area (Å²) in [4.78, 5) is 13.0.